The Hall–Kier alpha value is 0.119. The van der Waals surface area contributed by atoms with Gasteiger partial charge < -0.3 is 5.11 Å². The van der Waals surface area contributed by atoms with E-state index in [-0.39, 0.29) is 26.6 Å². The molecule has 0 fully saturated rings. The van der Waals surface area contributed by atoms with Gasteiger partial charge in [0.15, 0.2) is 0 Å². The van der Waals surface area contributed by atoms with Gasteiger partial charge in [-0.25, -0.2) is 0 Å². The molecule has 0 aromatic carbocycles. The molecule has 0 rings (SSSR count). The van der Waals surface area contributed by atoms with Crippen LogP contribution in [0.3, 0.4) is 0 Å². The van der Waals surface area contributed by atoms with Crippen LogP contribution in [0.1, 0.15) is 0 Å². The van der Waals surface area contributed by atoms with Crippen LogP contribution in [0.2, 0.25) is 0 Å². The molecular formula is CH2O2Tc. The zero-order valence-electron chi connectivity index (χ0n) is 1.81. The molecular weight excluding hydrogens is 142 g/mol. The van der Waals surface area contributed by atoms with Crippen molar-refractivity contribution in [2.45, 2.75) is 0 Å². The first-order valence-electron chi connectivity index (χ1n) is 0.494. The summed E-state index contributed by atoms with van der Waals surface area (Å²) in [4.78, 5) is 8.36. The zero-order valence-corrected chi connectivity index (χ0v) is 3.67. The van der Waals surface area contributed by atoms with Crippen molar-refractivity contribution in [3.63, 3.8) is 0 Å². The van der Waals surface area contributed by atoms with E-state index in [1.165, 1.54) is 0 Å². The Morgan fingerprint density at radius 3 is 1.75 bits per heavy atom. The summed E-state index contributed by atoms with van der Waals surface area (Å²) in [7, 11) is 0. The third-order valence-corrected chi connectivity index (χ3v) is 0. The van der Waals surface area contributed by atoms with Crippen molar-refractivity contribution in [1.82, 2.24) is 0 Å². The summed E-state index contributed by atoms with van der Waals surface area (Å²) in [6.45, 7) is -0.250. The molecule has 0 heterocycles. The molecule has 4 heavy (non-hydrogen) atoms. The molecule has 0 aliphatic rings. The van der Waals surface area contributed by atoms with Crippen LogP contribution in [-0.4, -0.2) is 11.6 Å². The van der Waals surface area contributed by atoms with E-state index in [4.69, 9.17) is 9.90 Å². The Kier molecular flexibility index (Phi) is 24.9. The summed E-state index contributed by atoms with van der Waals surface area (Å²) < 4.78 is 0. The van der Waals surface area contributed by atoms with E-state index in [2.05, 4.69) is 0 Å². The molecule has 0 aliphatic heterocycles. The molecule has 3 heteroatoms. The summed E-state index contributed by atoms with van der Waals surface area (Å²) in [5.74, 6) is 0. The predicted octanol–water partition coefficient (Wildman–Crippen LogP) is -0.302. The van der Waals surface area contributed by atoms with Crippen molar-refractivity contribution >= 4 is 6.47 Å². The van der Waals surface area contributed by atoms with E-state index in [0.717, 1.165) is 0 Å². The quantitative estimate of drug-likeness (QED) is 0.474. The molecule has 0 saturated carbocycles. The van der Waals surface area contributed by atoms with Gasteiger partial charge in [-0.1, -0.05) is 0 Å². The first-order chi connectivity index (χ1) is 1.41. The first-order valence-corrected chi connectivity index (χ1v) is 0.494. The van der Waals surface area contributed by atoms with Crippen molar-refractivity contribution in [2.75, 3.05) is 0 Å². The SMILES string of the molecule is O=CO.[Tc]. The Morgan fingerprint density at radius 1 is 1.75 bits per heavy atom. The van der Waals surface area contributed by atoms with E-state index in [0.29, 0.717) is 0 Å². The van der Waals surface area contributed by atoms with Crippen molar-refractivity contribution in [1.29, 1.82) is 0 Å². The molecule has 0 atom stereocenters. The van der Waals surface area contributed by atoms with Crippen LogP contribution >= 0.6 is 0 Å². The minimum Gasteiger partial charge on any atom is -0.483 e. The summed E-state index contributed by atoms with van der Waals surface area (Å²) >= 11 is 0. The van der Waals surface area contributed by atoms with E-state index in [1.54, 1.807) is 0 Å². The fraction of sp³-hybridized carbons (Fsp3) is 0. The fourth-order valence-electron chi connectivity index (χ4n) is 0. The maximum absolute atomic E-state index is 8.36. The number of carboxylic acid groups (broad SMARTS) is 1. The maximum atomic E-state index is 8.36. The van der Waals surface area contributed by atoms with Gasteiger partial charge in [-0.15, -0.1) is 0 Å². The van der Waals surface area contributed by atoms with Crippen LogP contribution in [0.5, 0.6) is 0 Å². The second-order valence-electron chi connectivity index (χ2n) is 0.105. The van der Waals surface area contributed by atoms with Crippen molar-refractivity contribution in [3.8, 4) is 0 Å². The van der Waals surface area contributed by atoms with Gasteiger partial charge in [0.2, 0.25) is 0 Å². The van der Waals surface area contributed by atoms with E-state index < -0.39 is 0 Å². The van der Waals surface area contributed by atoms with Gasteiger partial charge in [0, 0.05) is 20.1 Å². The Morgan fingerprint density at radius 2 is 1.75 bits per heavy atom. The monoisotopic (exact) mass is 143 g/mol. The normalized spacial score (nSPS) is 3.00. The molecule has 1 radical (unpaired) electrons. The predicted molar refractivity (Wildman–Crippen MR) is 8.69 cm³/mol. The van der Waals surface area contributed by atoms with Crippen molar-refractivity contribution in [2.24, 2.45) is 0 Å². The van der Waals surface area contributed by atoms with E-state index in [1.807, 2.05) is 0 Å². The summed E-state index contributed by atoms with van der Waals surface area (Å²) in [6, 6.07) is 0. The second kappa shape index (κ2) is 11.2. The van der Waals surface area contributed by atoms with E-state index >= 15 is 0 Å². The first kappa shape index (κ1) is 8.92. The molecule has 1 N–H and O–H groups in total. The molecule has 0 aliphatic carbocycles. The third kappa shape index (κ3) is 186. The van der Waals surface area contributed by atoms with Gasteiger partial charge in [-0.2, -0.15) is 0 Å². The average Bonchev–Trinajstić information content (AvgIpc) is 0.918. The number of rotatable bonds is 0. The van der Waals surface area contributed by atoms with Crippen LogP contribution in [0.25, 0.3) is 0 Å². The molecule has 0 aromatic heterocycles. The summed E-state index contributed by atoms with van der Waals surface area (Å²) in [5.41, 5.74) is 0. The molecule has 0 bridgehead atoms. The Bertz CT molecular complexity index is 13.5. The molecule has 0 unspecified atom stereocenters. The average molecular weight is 144 g/mol. The molecule has 0 spiro atoms. The van der Waals surface area contributed by atoms with Crippen LogP contribution in [0, 0.1) is 0 Å². The minimum absolute atomic E-state index is 0. The molecule has 2 nitrogen and oxygen atoms in total. The third-order valence-electron chi connectivity index (χ3n) is 0. The van der Waals surface area contributed by atoms with Crippen LogP contribution in [0.4, 0.5) is 0 Å². The minimum atomic E-state index is -0.250. The van der Waals surface area contributed by atoms with Gasteiger partial charge in [0.1, 0.15) is 0 Å². The van der Waals surface area contributed by atoms with Gasteiger partial charge in [-0.3, -0.25) is 4.79 Å². The van der Waals surface area contributed by atoms with E-state index in [9.17, 15) is 0 Å². The Labute approximate surface area is 37.2 Å². The summed E-state index contributed by atoms with van der Waals surface area (Å²) in [6.07, 6.45) is 0. The fourth-order valence-corrected chi connectivity index (χ4v) is 0. The van der Waals surface area contributed by atoms with Crippen LogP contribution in [0.15, 0.2) is 0 Å². The topological polar surface area (TPSA) is 37.3 Å². The molecule has 0 amide bonds. The van der Waals surface area contributed by atoms with Gasteiger partial charge in [-0.05, 0) is 0 Å². The number of hydrogen-bond donors (Lipinski definition) is 1. The Balaban J connectivity index is 0. The van der Waals surface area contributed by atoms with Gasteiger partial charge >= 0.3 is 0 Å². The molecule has 0 aromatic rings. The van der Waals surface area contributed by atoms with Crippen LogP contribution < -0.4 is 0 Å². The number of hydrogen-bond acceptors (Lipinski definition) is 1. The second-order valence-corrected chi connectivity index (χ2v) is 0.105. The van der Waals surface area contributed by atoms with Crippen molar-refractivity contribution in [3.05, 3.63) is 0 Å². The van der Waals surface area contributed by atoms with Gasteiger partial charge in [0.25, 0.3) is 6.47 Å². The number of carbonyl (C=O) groups is 1. The summed E-state index contributed by atoms with van der Waals surface area (Å²) in [5, 5.41) is 6.89. The van der Waals surface area contributed by atoms with Gasteiger partial charge in [0.05, 0.1) is 0 Å². The van der Waals surface area contributed by atoms with Crippen molar-refractivity contribution < 1.29 is 30.0 Å². The smallest absolute Gasteiger partial charge is 0.290 e. The standard InChI is InChI=1S/CH2O2.Tc/c2-1-3;/h1H,(H,2,3);. The molecule has 25 valence electrons. The van der Waals surface area contributed by atoms with Crippen LogP contribution in [-0.2, 0) is 24.9 Å². The zero-order chi connectivity index (χ0) is 2.71. The maximum Gasteiger partial charge on any atom is 0.290 e. The largest absolute Gasteiger partial charge is 0.483 e. The molecule has 0 saturated heterocycles.